The van der Waals surface area contributed by atoms with Gasteiger partial charge in [-0.2, -0.15) is 0 Å². The summed E-state index contributed by atoms with van der Waals surface area (Å²) in [4.78, 5) is 14.1. The highest BCUT2D eigenvalue weighted by Crippen LogP contribution is 2.28. The van der Waals surface area contributed by atoms with Crippen molar-refractivity contribution in [3.63, 3.8) is 0 Å². The highest BCUT2D eigenvalue weighted by molar-refractivity contribution is 14.1. The molecule has 4 heteroatoms. The number of benzene rings is 2. The van der Waals surface area contributed by atoms with E-state index in [0.29, 0.717) is 5.56 Å². The number of aromatic hydroxyl groups is 1. The number of hydrogen-bond donors (Lipinski definition) is 1. The molecule has 2 aromatic rings. The van der Waals surface area contributed by atoms with Gasteiger partial charge in [-0.15, -0.1) is 0 Å². The molecule has 0 radical (unpaired) electrons. The summed E-state index contributed by atoms with van der Waals surface area (Å²) in [7, 11) is 1.75. The Balaban J connectivity index is 2.22. The van der Waals surface area contributed by atoms with Gasteiger partial charge in [0.1, 0.15) is 5.75 Å². The van der Waals surface area contributed by atoms with Crippen LogP contribution in [0.25, 0.3) is 0 Å². The second-order valence-electron chi connectivity index (χ2n) is 4.66. The Hall–Kier alpha value is -1.56. The normalized spacial score (nSPS) is 11.9. The van der Waals surface area contributed by atoms with Crippen molar-refractivity contribution in [1.82, 2.24) is 4.90 Å². The van der Waals surface area contributed by atoms with Gasteiger partial charge in [0.05, 0.1) is 6.04 Å². The first-order valence-electron chi connectivity index (χ1n) is 6.31. The maximum absolute atomic E-state index is 12.4. The van der Waals surface area contributed by atoms with E-state index < -0.39 is 0 Å². The molecule has 104 valence electrons. The molecule has 0 spiro atoms. The topological polar surface area (TPSA) is 40.5 Å². The van der Waals surface area contributed by atoms with E-state index in [2.05, 4.69) is 22.6 Å². The van der Waals surface area contributed by atoms with Gasteiger partial charge in [0.15, 0.2) is 0 Å². The fourth-order valence-corrected chi connectivity index (χ4v) is 2.38. The van der Waals surface area contributed by atoms with E-state index in [9.17, 15) is 9.90 Å². The lowest BCUT2D eigenvalue weighted by Gasteiger charge is -2.26. The Labute approximate surface area is 132 Å². The van der Waals surface area contributed by atoms with Crippen LogP contribution in [0.5, 0.6) is 5.75 Å². The van der Waals surface area contributed by atoms with Crippen molar-refractivity contribution in [2.24, 2.45) is 0 Å². The number of carbonyl (C=O) groups is 1. The van der Waals surface area contributed by atoms with Gasteiger partial charge in [0.2, 0.25) is 0 Å². The van der Waals surface area contributed by atoms with Gasteiger partial charge < -0.3 is 10.0 Å². The number of phenolic OH excluding ortho intramolecular Hbond substituents is 1. The molecule has 0 saturated heterocycles. The zero-order valence-electron chi connectivity index (χ0n) is 11.4. The monoisotopic (exact) mass is 381 g/mol. The molecule has 0 heterocycles. The lowest BCUT2D eigenvalue weighted by atomic mass is 10.1. The average molecular weight is 381 g/mol. The Morgan fingerprint density at radius 1 is 1.15 bits per heavy atom. The van der Waals surface area contributed by atoms with Gasteiger partial charge >= 0.3 is 0 Å². The Morgan fingerprint density at radius 2 is 1.75 bits per heavy atom. The molecular weight excluding hydrogens is 365 g/mol. The van der Waals surface area contributed by atoms with E-state index in [-0.39, 0.29) is 17.7 Å². The zero-order valence-corrected chi connectivity index (χ0v) is 13.5. The number of nitrogens with zero attached hydrogens (tertiary/aromatic N) is 1. The van der Waals surface area contributed by atoms with Crippen LogP contribution in [-0.4, -0.2) is 23.0 Å². The van der Waals surface area contributed by atoms with Crippen LogP contribution in [0.4, 0.5) is 0 Å². The lowest BCUT2D eigenvalue weighted by Crippen LogP contribution is -2.29. The van der Waals surface area contributed by atoms with Crippen molar-refractivity contribution in [1.29, 1.82) is 0 Å². The SMILES string of the molecule is CC(c1ccccc1O)N(C)C(=O)c1ccc(I)cc1. The van der Waals surface area contributed by atoms with Gasteiger partial charge in [-0.25, -0.2) is 0 Å². The van der Waals surface area contributed by atoms with Crippen LogP contribution in [0.3, 0.4) is 0 Å². The summed E-state index contributed by atoms with van der Waals surface area (Å²) in [5, 5.41) is 9.88. The smallest absolute Gasteiger partial charge is 0.254 e. The number of carbonyl (C=O) groups excluding carboxylic acids is 1. The van der Waals surface area contributed by atoms with Crippen LogP contribution in [-0.2, 0) is 0 Å². The van der Waals surface area contributed by atoms with Crippen molar-refractivity contribution in [3.05, 3.63) is 63.2 Å². The summed E-state index contributed by atoms with van der Waals surface area (Å²) in [6, 6.07) is 14.4. The average Bonchev–Trinajstić information content (AvgIpc) is 2.46. The summed E-state index contributed by atoms with van der Waals surface area (Å²) in [5.41, 5.74) is 1.39. The lowest BCUT2D eigenvalue weighted by molar-refractivity contribution is 0.0741. The molecule has 0 saturated carbocycles. The molecule has 1 N–H and O–H groups in total. The third-order valence-corrected chi connectivity index (χ3v) is 4.10. The Bertz CT molecular complexity index is 610. The summed E-state index contributed by atoms with van der Waals surface area (Å²) in [5.74, 6) is 0.152. The summed E-state index contributed by atoms with van der Waals surface area (Å²) in [6.07, 6.45) is 0. The van der Waals surface area contributed by atoms with Gasteiger partial charge in [-0.05, 0) is 59.8 Å². The number of para-hydroxylation sites is 1. The van der Waals surface area contributed by atoms with Crippen molar-refractivity contribution in [2.75, 3.05) is 7.05 Å². The molecule has 1 unspecified atom stereocenters. The largest absolute Gasteiger partial charge is 0.508 e. The van der Waals surface area contributed by atoms with Crippen molar-refractivity contribution < 1.29 is 9.90 Å². The predicted molar refractivity (Wildman–Crippen MR) is 87.8 cm³/mol. The van der Waals surface area contributed by atoms with Crippen LogP contribution in [0.2, 0.25) is 0 Å². The number of phenols is 1. The van der Waals surface area contributed by atoms with Crippen LogP contribution in [0.1, 0.15) is 28.9 Å². The molecule has 0 fully saturated rings. The molecule has 1 amide bonds. The fourth-order valence-electron chi connectivity index (χ4n) is 2.02. The molecular formula is C16H16INO2. The first-order chi connectivity index (χ1) is 9.50. The third-order valence-electron chi connectivity index (χ3n) is 3.38. The fraction of sp³-hybridized carbons (Fsp3) is 0.188. The minimum absolute atomic E-state index is 0.0582. The van der Waals surface area contributed by atoms with Gasteiger partial charge in [-0.3, -0.25) is 4.79 Å². The molecule has 2 aromatic carbocycles. The van der Waals surface area contributed by atoms with Crippen molar-refractivity contribution >= 4 is 28.5 Å². The first-order valence-corrected chi connectivity index (χ1v) is 7.39. The number of halogens is 1. The molecule has 3 nitrogen and oxygen atoms in total. The second-order valence-corrected chi connectivity index (χ2v) is 5.90. The van der Waals surface area contributed by atoms with Crippen LogP contribution in [0, 0.1) is 3.57 Å². The predicted octanol–water partition coefficient (Wildman–Crippen LogP) is 3.83. The highest BCUT2D eigenvalue weighted by Gasteiger charge is 2.20. The number of hydrogen-bond acceptors (Lipinski definition) is 2. The minimum Gasteiger partial charge on any atom is -0.508 e. The molecule has 0 aliphatic carbocycles. The Kier molecular flexibility index (Phi) is 4.65. The van der Waals surface area contributed by atoms with E-state index in [1.807, 2.05) is 43.3 Å². The van der Waals surface area contributed by atoms with E-state index in [1.165, 1.54) is 0 Å². The van der Waals surface area contributed by atoms with Crippen molar-refractivity contribution in [3.8, 4) is 5.75 Å². The van der Waals surface area contributed by atoms with Gasteiger partial charge in [0, 0.05) is 21.7 Å². The molecule has 20 heavy (non-hydrogen) atoms. The molecule has 0 bridgehead atoms. The van der Waals surface area contributed by atoms with Crippen molar-refractivity contribution in [2.45, 2.75) is 13.0 Å². The molecule has 1 atom stereocenters. The van der Waals surface area contributed by atoms with Crippen LogP contribution >= 0.6 is 22.6 Å². The minimum atomic E-state index is -0.192. The maximum Gasteiger partial charge on any atom is 0.254 e. The van der Waals surface area contributed by atoms with E-state index >= 15 is 0 Å². The quantitative estimate of drug-likeness (QED) is 0.822. The van der Waals surface area contributed by atoms with Gasteiger partial charge in [-0.1, -0.05) is 18.2 Å². The van der Waals surface area contributed by atoms with E-state index in [0.717, 1.165) is 9.13 Å². The zero-order chi connectivity index (χ0) is 14.7. The van der Waals surface area contributed by atoms with E-state index in [1.54, 1.807) is 24.1 Å². The number of rotatable bonds is 3. The summed E-state index contributed by atoms with van der Waals surface area (Å²) in [6.45, 7) is 1.90. The first kappa shape index (κ1) is 14.8. The highest BCUT2D eigenvalue weighted by atomic mass is 127. The maximum atomic E-state index is 12.4. The number of amides is 1. The summed E-state index contributed by atoms with van der Waals surface area (Å²) >= 11 is 2.21. The third kappa shape index (κ3) is 3.12. The van der Waals surface area contributed by atoms with Crippen LogP contribution in [0.15, 0.2) is 48.5 Å². The molecule has 0 aliphatic heterocycles. The molecule has 0 aliphatic rings. The second kappa shape index (κ2) is 6.26. The van der Waals surface area contributed by atoms with E-state index in [4.69, 9.17) is 0 Å². The summed E-state index contributed by atoms with van der Waals surface area (Å²) < 4.78 is 1.09. The Morgan fingerprint density at radius 3 is 2.35 bits per heavy atom. The van der Waals surface area contributed by atoms with Crippen LogP contribution < -0.4 is 0 Å². The molecule has 0 aromatic heterocycles. The van der Waals surface area contributed by atoms with Gasteiger partial charge in [0.25, 0.3) is 5.91 Å². The molecule has 2 rings (SSSR count). The standard InChI is InChI=1S/C16H16INO2/c1-11(14-5-3-4-6-15(14)19)18(2)16(20)12-7-9-13(17)10-8-12/h3-11,19H,1-2H3.